The maximum absolute atomic E-state index is 11.6. The number of hydroxylamine groups is 1. The van der Waals surface area contributed by atoms with Gasteiger partial charge < -0.3 is 0 Å². The van der Waals surface area contributed by atoms with Crippen LogP contribution in [0.2, 0.25) is 0 Å². The largest absolute Gasteiger partial charge is 0.273 e. The van der Waals surface area contributed by atoms with Gasteiger partial charge in [-0.25, -0.2) is 10.5 Å². The minimum absolute atomic E-state index is 0.0566. The van der Waals surface area contributed by atoms with Crippen LogP contribution < -0.4 is 5.48 Å². The van der Waals surface area contributed by atoms with Crippen molar-refractivity contribution in [3.63, 3.8) is 0 Å². The van der Waals surface area contributed by atoms with E-state index in [9.17, 15) is 4.79 Å². The normalized spacial score (nSPS) is 10.6. The van der Waals surface area contributed by atoms with Gasteiger partial charge in [0.2, 0.25) is 5.91 Å². The molecule has 0 atom stereocenters. The van der Waals surface area contributed by atoms with Gasteiger partial charge in [-0.15, -0.1) is 11.3 Å². The Morgan fingerprint density at radius 1 is 1.27 bits per heavy atom. The second-order valence-corrected chi connectivity index (χ2v) is 6.25. The van der Waals surface area contributed by atoms with E-state index in [4.69, 9.17) is 4.84 Å². The molecule has 0 unspecified atom stereocenters. The van der Waals surface area contributed by atoms with E-state index in [0.29, 0.717) is 13.0 Å². The van der Waals surface area contributed by atoms with Gasteiger partial charge in [0.05, 0.1) is 10.6 Å². The number of rotatable bonds is 8. The standard InChI is InChI=1S/C17H22N2O2S/c1-3-4-6-11-16(20)19-21-12-15-13(2)18-17(22-15)14-9-7-5-8-10-14/h5,7-10H,3-4,6,11-12H2,1-2H3,(H,19,20). The van der Waals surface area contributed by atoms with Crippen LogP contribution >= 0.6 is 11.3 Å². The third-order valence-electron chi connectivity index (χ3n) is 3.31. The molecule has 0 saturated carbocycles. The van der Waals surface area contributed by atoms with Crippen molar-refractivity contribution in [1.82, 2.24) is 10.5 Å². The van der Waals surface area contributed by atoms with Gasteiger partial charge in [-0.1, -0.05) is 50.1 Å². The lowest BCUT2D eigenvalue weighted by atomic mass is 10.2. The number of aromatic nitrogens is 1. The number of nitrogens with zero attached hydrogens (tertiary/aromatic N) is 1. The monoisotopic (exact) mass is 318 g/mol. The number of carbonyl (C=O) groups is 1. The predicted octanol–water partition coefficient (Wildman–Crippen LogP) is 4.25. The first-order valence-corrected chi connectivity index (χ1v) is 8.44. The quantitative estimate of drug-likeness (QED) is 0.585. The Bertz CT molecular complexity index is 596. The highest BCUT2D eigenvalue weighted by Crippen LogP contribution is 2.27. The summed E-state index contributed by atoms with van der Waals surface area (Å²) >= 11 is 1.60. The van der Waals surface area contributed by atoms with Gasteiger partial charge in [-0.3, -0.25) is 9.63 Å². The molecule has 0 bridgehead atoms. The highest BCUT2D eigenvalue weighted by molar-refractivity contribution is 7.15. The average molecular weight is 318 g/mol. The first kappa shape index (κ1) is 16.6. The van der Waals surface area contributed by atoms with E-state index in [1.165, 1.54) is 0 Å². The van der Waals surface area contributed by atoms with E-state index in [2.05, 4.69) is 17.4 Å². The van der Waals surface area contributed by atoms with Crippen molar-refractivity contribution < 1.29 is 9.63 Å². The Hall–Kier alpha value is -1.72. The molecule has 0 aliphatic rings. The van der Waals surface area contributed by atoms with Crippen molar-refractivity contribution in [2.45, 2.75) is 46.1 Å². The number of thiazole rings is 1. The summed E-state index contributed by atoms with van der Waals surface area (Å²) in [7, 11) is 0. The highest BCUT2D eigenvalue weighted by atomic mass is 32.1. The molecule has 0 radical (unpaired) electrons. The summed E-state index contributed by atoms with van der Waals surface area (Å²) in [5.74, 6) is -0.0566. The molecular formula is C17H22N2O2S. The molecule has 0 aliphatic carbocycles. The molecule has 0 fully saturated rings. The zero-order chi connectivity index (χ0) is 15.8. The lowest BCUT2D eigenvalue weighted by molar-refractivity contribution is -0.134. The number of carbonyl (C=O) groups excluding carboxylic acids is 1. The van der Waals surface area contributed by atoms with Crippen LogP contribution in [0, 0.1) is 6.92 Å². The third-order valence-corrected chi connectivity index (χ3v) is 4.49. The molecule has 1 heterocycles. The molecule has 5 heteroatoms. The summed E-state index contributed by atoms with van der Waals surface area (Å²) < 4.78 is 0. The molecule has 22 heavy (non-hydrogen) atoms. The van der Waals surface area contributed by atoms with Gasteiger partial charge in [-0.2, -0.15) is 0 Å². The molecule has 2 rings (SSSR count). The van der Waals surface area contributed by atoms with Crippen molar-refractivity contribution in [3.8, 4) is 10.6 Å². The van der Waals surface area contributed by atoms with E-state index in [0.717, 1.165) is 40.4 Å². The fourth-order valence-corrected chi connectivity index (χ4v) is 3.02. The van der Waals surface area contributed by atoms with E-state index < -0.39 is 0 Å². The first-order chi connectivity index (χ1) is 10.7. The molecule has 1 N–H and O–H groups in total. The Morgan fingerprint density at radius 2 is 2.05 bits per heavy atom. The molecule has 2 aromatic rings. The van der Waals surface area contributed by atoms with Crippen LogP contribution in [0.4, 0.5) is 0 Å². The van der Waals surface area contributed by atoms with Crippen molar-refractivity contribution in [3.05, 3.63) is 40.9 Å². The highest BCUT2D eigenvalue weighted by Gasteiger charge is 2.10. The number of hydrogen-bond donors (Lipinski definition) is 1. The lowest BCUT2D eigenvalue weighted by Gasteiger charge is -2.04. The molecule has 0 saturated heterocycles. The van der Waals surface area contributed by atoms with Gasteiger partial charge in [0.15, 0.2) is 0 Å². The Kier molecular flexibility index (Phi) is 6.55. The van der Waals surface area contributed by atoms with Gasteiger partial charge in [-0.05, 0) is 13.3 Å². The smallest absolute Gasteiger partial charge is 0.243 e. The number of hydrogen-bond acceptors (Lipinski definition) is 4. The van der Waals surface area contributed by atoms with E-state index in [-0.39, 0.29) is 5.91 Å². The van der Waals surface area contributed by atoms with Crippen LogP contribution in [0.5, 0.6) is 0 Å². The number of benzene rings is 1. The van der Waals surface area contributed by atoms with E-state index in [1.54, 1.807) is 11.3 Å². The first-order valence-electron chi connectivity index (χ1n) is 7.63. The number of aryl methyl sites for hydroxylation is 1. The van der Waals surface area contributed by atoms with E-state index >= 15 is 0 Å². The minimum atomic E-state index is -0.0566. The lowest BCUT2D eigenvalue weighted by Crippen LogP contribution is -2.23. The molecular weight excluding hydrogens is 296 g/mol. The SMILES string of the molecule is CCCCCC(=O)NOCc1sc(-c2ccccc2)nc1C. The second-order valence-electron chi connectivity index (χ2n) is 5.16. The van der Waals surface area contributed by atoms with Crippen molar-refractivity contribution in [2.24, 2.45) is 0 Å². The summed E-state index contributed by atoms with van der Waals surface area (Å²) in [4.78, 5) is 22.5. The minimum Gasteiger partial charge on any atom is -0.273 e. The van der Waals surface area contributed by atoms with Gasteiger partial charge in [0.1, 0.15) is 11.6 Å². The molecule has 4 nitrogen and oxygen atoms in total. The maximum Gasteiger partial charge on any atom is 0.243 e. The van der Waals surface area contributed by atoms with Crippen LogP contribution in [0.1, 0.15) is 43.2 Å². The Balaban J connectivity index is 1.84. The summed E-state index contributed by atoms with van der Waals surface area (Å²) in [5, 5.41) is 0.978. The van der Waals surface area contributed by atoms with Crippen LogP contribution in [0.25, 0.3) is 10.6 Å². The van der Waals surface area contributed by atoms with Gasteiger partial charge >= 0.3 is 0 Å². The fraction of sp³-hybridized carbons (Fsp3) is 0.412. The average Bonchev–Trinajstić information content (AvgIpc) is 2.90. The topological polar surface area (TPSA) is 51.2 Å². The van der Waals surface area contributed by atoms with Gasteiger partial charge in [0, 0.05) is 12.0 Å². The van der Waals surface area contributed by atoms with Crippen LogP contribution in [0.3, 0.4) is 0 Å². The zero-order valence-electron chi connectivity index (χ0n) is 13.1. The van der Waals surface area contributed by atoms with Crippen LogP contribution in [-0.4, -0.2) is 10.9 Å². The van der Waals surface area contributed by atoms with Crippen molar-refractivity contribution in [2.75, 3.05) is 0 Å². The number of unbranched alkanes of at least 4 members (excludes halogenated alkanes) is 2. The predicted molar refractivity (Wildman–Crippen MR) is 89.4 cm³/mol. The third kappa shape index (κ3) is 4.93. The summed E-state index contributed by atoms with van der Waals surface area (Å²) in [6.45, 7) is 4.44. The molecule has 118 valence electrons. The van der Waals surface area contributed by atoms with E-state index in [1.807, 2.05) is 37.3 Å². The maximum atomic E-state index is 11.6. The fourth-order valence-electron chi connectivity index (χ4n) is 2.03. The summed E-state index contributed by atoms with van der Waals surface area (Å²) in [6.07, 6.45) is 3.60. The van der Waals surface area contributed by atoms with Crippen molar-refractivity contribution >= 4 is 17.2 Å². The summed E-state index contributed by atoms with van der Waals surface area (Å²) in [6, 6.07) is 10.1. The van der Waals surface area contributed by atoms with Crippen LogP contribution in [0.15, 0.2) is 30.3 Å². The molecule has 0 spiro atoms. The van der Waals surface area contributed by atoms with Crippen LogP contribution in [-0.2, 0) is 16.2 Å². The zero-order valence-corrected chi connectivity index (χ0v) is 13.9. The number of amides is 1. The number of nitrogens with one attached hydrogen (secondary N) is 1. The summed E-state index contributed by atoms with van der Waals surface area (Å²) in [5.41, 5.74) is 4.56. The Labute approximate surface area is 135 Å². The Morgan fingerprint density at radius 3 is 2.77 bits per heavy atom. The molecule has 1 aromatic carbocycles. The molecule has 1 amide bonds. The van der Waals surface area contributed by atoms with Crippen molar-refractivity contribution in [1.29, 1.82) is 0 Å². The molecule has 0 aliphatic heterocycles. The van der Waals surface area contributed by atoms with Gasteiger partial charge in [0.25, 0.3) is 0 Å². The molecule has 1 aromatic heterocycles. The second kappa shape index (κ2) is 8.66.